The van der Waals surface area contributed by atoms with Gasteiger partial charge in [-0.2, -0.15) is 13.2 Å². The highest BCUT2D eigenvalue weighted by atomic mass is 19.4. The topological polar surface area (TPSA) is 91.3 Å². The molecule has 152 valence electrons. The van der Waals surface area contributed by atoms with E-state index in [-0.39, 0.29) is 19.8 Å². The van der Waals surface area contributed by atoms with Crippen molar-refractivity contribution < 1.29 is 46.8 Å². The van der Waals surface area contributed by atoms with Crippen LogP contribution in [0.1, 0.15) is 34.6 Å². The summed E-state index contributed by atoms with van der Waals surface area (Å²) in [5.74, 6) is -3.20. The molecule has 0 aliphatic carbocycles. The summed E-state index contributed by atoms with van der Waals surface area (Å²) in [5, 5.41) is 8.80. The number of halogens is 3. The molecular weight excluding hydrogens is 361 g/mol. The van der Waals surface area contributed by atoms with Crippen LogP contribution in [0.4, 0.5) is 13.2 Å². The van der Waals surface area contributed by atoms with Gasteiger partial charge in [0.2, 0.25) is 6.10 Å². The van der Waals surface area contributed by atoms with Crippen molar-refractivity contribution >= 4 is 11.9 Å². The zero-order chi connectivity index (χ0) is 20.4. The molecule has 1 heterocycles. The highest BCUT2D eigenvalue weighted by Gasteiger charge is 2.46. The lowest BCUT2D eigenvalue weighted by atomic mass is 9.91. The molecule has 0 aromatic carbocycles. The minimum absolute atomic E-state index is 0.0893. The summed E-state index contributed by atoms with van der Waals surface area (Å²) in [6.07, 6.45) is -8.31. The number of aliphatic hydroxyl groups excluding tert-OH is 1. The Morgan fingerprint density at radius 3 is 2.00 bits per heavy atom. The Bertz CT molecular complexity index is 518. The van der Waals surface area contributed by atoms with Gasteiger partial charge in [-0.1, -0.05) is 13.8 Å². The molecule has 1 aliphatic heterocycles. The second-order valence-corrected chi connectivity index (χ2v) is 7.83. The third kappa shape index (κ3) is 6.40. The van der Waals surface area contributed by atoms with Gasteiger partial charge in [0.05, 0.1) is 26.4 Å². The van der Waals surface area contributed by atoms with E-state index in [1.54, 1.807) is 20.8 Å². The predicted molar refractivity (Wildman–Crippen MR) is 81.9 cm³/mol. The van der Waals surface area contributed by atoms with Crippen LogP contribution in [0.25, 0.3) is 0 Å². The Morgan fingerprint density at radius 2 is 1.54 bits per heavy atom. The summed E-state index contributed by atoms with van der Waals surface area (Å²) in [4.78, 5) is 23.5. The van der Waals surface area contributed by atoms with E-state index in [9.17, 15) is 22.8 Å². The quantitative estimate of drug-likeness (QED) is 0.696. The first-order chi connectivity index (χ1) is 11.6. The molecule has 0 bridgehead atoms. The number of carbonyl (C=O) groups is 2. The lowest BCUT2D eigenvalue weighted by Gasteiger charge is -2.40. The summed E-state index contributed by atoms with van der Waals surface area (Å²) in [6.45, 7) is 7.60. The Balaban J connectivity index is 2.50. The van der Waals surface area contributed by atoms with Crippen LogP contribution in [-0.2, 0) is 28.5 Å². The van der Waals surface area contributed by atoms with Gasteiger partial charge in [-0.3, -0.25) is 4.79 Å². The number of ether oxygens (including phenoxy) is 4. The van der Waals surface area contributed by atoms with E-state index in [1.807, 2.05) is 0 Å². The number of carbonyl (C=O) groups excluding carboxylic acids is 2. The van der Waals surface area contributed by atoms with Crippen LogP contribution in [0.3, 0.4) is 0 Å². The molecular formula is C16H25F3O7. The van der Waals surface area contributed by atoms with Gasteiger partial charge in [0.15, 0.2) is 5.79 Å². The van der Waals surface area contributed by atoms with Crippen LogP contribution in [0.5, 0.6) is 0 Å². The van der Waals surface area contributed by atoms with Gasteiger partial charge in [-0.05, 0) is 20.8 Å². The largest absolute Gasteiger partial charge is 0.464 e. The molecule has 1 N–H and O–H groups in total. The SMILES string of the molecule is CC(C)(COC(=O)C(O)C(F)(F)F)COC(=O)C1(C)COC(C)(C)OC1. The fourth-order valence-electron chi connectivity index (χ4n) is 1.82. The smallest absolute Gasteiger partial charge is 0.425 e. The average Bonchev–Trinajstić information content (AvgIpc) is 2.52. The fourth-order valence-corrected chi connectivity index (χ4v) is 1.82. The fraction of sp³-hybridized carbons (Fsp3) is 0.875. The lowest BCUT2D eigenvalue weighted by Crippen LogP contribution is -2.50. The number of aliphatic hydroxyl groups is 1. The maximum Gasteiger partial charge on any atom is 0.425 e. The normalized spacial score (nSPS) is 21.0. The summed E-state index contributed by atoms with van der Waals surface area (Å²) in [7, 11) is 0. The van der Waals surface area contributed by atoms with Crippen LogP contribution in [0.2, 0.25) is 0 Å². The van der Waals surface area contributed by atoms with Gasteiger partial charge in [0.25, 0.3) is 0 Å². The van der Waals surface area contributed by atoms with E-state index in [0.29, 0.717) is 0 Å². The van der Waals surface area contributed by atoms with Crippen LogP contribution in [0, 0.1) is 10.8 Å². The summed E-state index contributed by atoms with van der Waals surface area (Å²) < 4.78 is 57.3. The van der Waals surface area contributed by atoms with Gasteiger partial charge in [-0.25, -0.2) is 4.79 Å². The summed E-state index contributed by atoms with van der Waals surface area (Å²) >= 11 is 0. The van der Waals surface area contributed by atoms with Crippen molar-refractivity contribution in [2.45, 2.75) is 52.7 Å². The minimum atomic E-state index is -5.10. The van der Waals surface area contributed by atoms with Gasteiger partial charge >= 0.3 is 18.1 Å². The first-order valence-corrected chi connectivity index (χ1v) is 7.95. The van der Waals surface area contributed by atoms with Crippen LogP contribution >= 0.6 is 0 Å². The third-order valence-corrected chi connectivity index (χ3v) is 3.70. The Hall–Kier alpha value is -1.39. The van der Waals surface area contributed by atoms with E-state index in [0.717, 1.165) is 0 Å². The van der Waals surface area contributed by atoms with Crippen LogP contribution < -0.4 is 0 Å². The first kappa shape index (κ1) is 22.7. The van der Waals surface area contributed by atoms with E-state index in [4.69, 9.17) is 19.3 Å². The molecule has 0 radical (unpaired) electrons. The van der Waals surface area contributed by atoms with Gasteiger partial charge < -0.3 is 24.1 Å². The van der Waals surface area contributed by atoms with Gasteiger partial charge in [-0.15, -0.1) is 0 Å². The molecule has 7 nitrogen and oxygen atoms in total. The molecule has 1 fully saturated rings. The third-order valence-electron chi connectivity index (χ3n) is 3.70. The molecule has 1 atom stereocenters. The molecule has 26 heavy (non-hydrogen) atoms. The number of alkyl halides is 3. The van der Waals surface area contributed by atoms with Crippen LogP contribution in [-0.4, -0.2) is 61.5 Å². The Morgan fingerprint density at radius 1 is 1.08 bits per heavy atom. The Labute approximate surface area is 149 Å². The summed E-state index contributed by atoms with van der Waals surface area (Å²) in [5.41, 5.74) is -1.97. The van der Waals surface area contributed by atoms with Crippen LogP contribution in [0.15, 0.2) is 0 Å². The van der Waals surface area contributed by atoms with E-state index < -0.39 is 47.4 Å². The highest BCUT2D eigenvalue weighted by Crippen LogP contribution is 2.31. The van der Waals surface area contributed by atoms with Crippen molar-refractivity contribution in [1.29, 1.82) is 0 Å². The van der Waals surface area contributed by atoms with Crippen molar-refractivity contribution in [2.24, 2.45) is 10.8 Å². The molecule has 1 aliphatic rings. The van der Waals surface area contributed by atoms with Crippen molar-refractivity contribution in [3.63, 3.8) is 0 Å². The molecule has 0 aromatic heterocycles. The second kappa shape index (κ2) is 7.69. The van der Waals surface area contributed by atoms with Crippen molar-refractivity contribution in [1.82, 2.24) is 0 Å². The number of esters is 2. The van der Waals surface area contributed by atoms with Gasteiger partial charge in [0, 0.05) is 5.41 Å². The van der Waals surface area contributed by atoms with Crippen molar-refractivity contribution in [3.8, 4) is 0 Å². The van der Waals surface area contributed by atoms with Crippen molar-refractivity contribution in [2.75, 3.05) is 26.4 Å². The molecule has 1 rings (SSSR count). The number of hydrogen-bond donors (Lipinski definition) is 1. The molecule has 1 unspecified atom stereocenters. The van der Waals surface area contributed by atoms with E-state index in [1.165, 1.54) is 13.8 Å². The van der Waals surface area contributed by atoms with Gasteiger partial charge in [0.1, 0.15) is 5.41 Å². The molecule has 10 heteroatoms. The van der Waals surface area contributed by atoms with E-state index >= 15 is 0 Å². The average molecular weight is 386 g/mol. The molecule has 0 amide bonds. The lowest BCUT2D eigenvalue weighted by molar-refractivity contribution is -0.282. The molecule has 1 saturated heterocycles. The van der Waals surface area contributed by atoms with E-state index in [2.05, 4.69) is 4.74 Å². The summed E-state index contributed by atoms with van der Waals surface area (Å²) in [6, 6.07) is 0. The minimum Gasteiger partial charge on any atom is -0.464 e. The monoisotopic (exact) mass is 386 g/mol. The first-order valence-electron chi connectivity index (χ1n) is 7.95. The molecule has 0 saturated carbocycles. The number of hydrogen-bond acceptors (Lipinski definition) is 7. The maximum absolute atomic E-state index is 12.3. The molecule has 0 spiro atoms. The molecule has 0 aromatic rings. The number of rotatable bonds is 6. The zero-order valence-electron chi connectivity index (χ0n) is 15.4. The second-order valence-electron chi connectivity index (χ2n) is 7.83. The maximum atomic E-state index is 12.3. The van der Waals surface area contributed by atoms with Crippen molar-refractivity contribution in [3.05, 3.63) is 0 Å². The Kier molecular flexibility index (Phi) is 6.70. The standard InChI is InChI=1S/C16H25F3O7/c1-13(2,6-23-11(21)10(20)16(17,18)19)7-24-12(22)15(5)8-25-14(3,4)26-9-15/h10,20H,6-9H2,1-5H3. The predicted octanol–water partition coefficient (Wildman–Crippen LogP) is 1.81. The zero-order valence-corrected chi connectivity index (χ0v) is 15.4. The highest BCUT2D eigenvalue weighted by molar-refractivity contribution is 5.77.